The maximum atomic E-state index is 12.5. The molecule has 104 valence electrons. The summed E-state index contributed by atoms with van der Waals surface area (Å²) in [6.07, 6.45) is 1.55. The fourth-order valence-corrected chi connectivity index (χ4v) is 2.66. The molecule has 0 bridgehead atoms. The zero-order chi connectivity index (χ0) is 14.3. The Labute approximate surface area is 113 Å². The number of carbonyl (C=O) groups is 1. The second-order valence-corrected chi connectivity index (χ2v) is 6.26. The lowest BCUT2D eigenvalue weighted by Crippen LogP contribution is -2.58. The van der Waals surface area contributed by atoms with Crippen molar-refractivity contribution in [3.05, 3.63) is 24.0 Å². The Morgan fingerprint density at radius 3 is 2.42 bits per heavy atom. The Morgan fingerprint density at radius 2 is 1.89 bits per heavy atom. The minimum atomic E-state index is -0.363. The molecule has 0 unspecified atom stereocenters. The van der Waals surface area contributed by atoms with Crippen LogP contribution in [0.2, 0.25) is 0 Å². The molecule has 0 saturated carbocycles. The van der Waals surface area contributed by atoms with E-state index in [0.29, 0.717) is 24.5 Å². The van der Waals surface area contributed by atoms with E-state index in [4.69, 9.17) is 10.5 Å². The van der Waals surface area contributed by atoms with Crippen LogP contribution in [0.4, 0.5) is 5.69 Å². The molecule has 0 aliphatic carbocycles. The van der Waals surface area contributed by atoms with E-state index in [1.807, 2.05) is 27.7 Å². The first-order chi connectivity index (χ1) is 8.69. The molecular weight excluding hydrogens is 242 g/mol. The standard InChI is InChI=1S/C14H21N3O2/c1-13(2)8-17(9-14(3,4)19-13)12(18)11-7-10(15)5-6-16-11/h5-7H,8-9H2,1-4H3,(H2,15,16). The van der Waals surface area contributed by atoms with Gasteiger partial charge in [-0.3, -0.25) is 9.78 Å². The molecule has 0 spiro atoms. The molecule has 1 aliphatic heterocycles. The molecule has 5 nitrogen and oxygen atoms in total. The van der Waals surface area contributed by atoms with Gasteiger partial charge in [-0.15, -0.1) is 0 Å². The summed E-state index contributed by atoms with van der Waals surface area (Å²) in [7, 11) is 0. The van der Waals surface area contributed by atoms with Crippen LogP contribution < -0.4 is 5.73 Å². The number of hydrogen-bond acceptors (Lipinski definition) is 4. The first-order valence-electron chi connectivity index (χ1n) is 6.40. The molecule has 2 N–H and O–H groups in total. The SMILES string of the molecule is CC1(C)CN(C(=O)c2cc(N)ccn2)CC(C)(C)O1. The summed E-state index contributed by atoms with van der Waals surface area (Å²) in [5.74, 6) is -0.100. The highest BCUT2D eigenvalue weighted by Crippen LogP contribution is 2.28. The number of nitrogens with two attached hydrogens (primary N) is 1. The van der Waals surface area contributed by atoms with E-state index in [1.165, 1.54) is 0 Å². The van der Waals surface area contributed by atoms with Gasteiger partial charge in [-0.2, -0.15) is 0 Å². The Hall–Kier alpha value is -1.62. The topological polar surface area (TPSA) is 68.5 Å². The molecule has 2 heterocycles. The van der Waals surface area contributed by atoms with Crippen LogP contribution in [0.3, 0.4) is 0 Å². The van der Waals surface area contributed by atoms with E-state index < -0.39 is 0 Å². The molecule has 1 aromatic heterocycles. The van der Waals surface area contributed by atoms with Crippen LogP contribution in [0.5, 0.6) is 0 Å². The fourth-order valence-electron chi connectivity index (χ4n) is 2.66. The van der Waals surface area contributed by atoms with Crippen LogP contribution in [0.15, 0.2) is 18.3 Å². The van der Waals surface area contributed by atoms with E-state index in [-0.39, 0.29) is 17.1 Å². The first-order valence-corrected chi connectivity index (χ1v) is 6.40. The summed E-state index contributed by atoms with van der Waals surface area (Å²) in [5.41, 5.74) is 5.90. The lowest BCUT2D eigenvalue weighted by Gasteiger charge is -2.47. The molecular formula is C14H21N3O2. The average molecular weight is 263 g/mol. The zero-order valence-corrected chi connectivity index (χ0v) is 11.9. The summed E-state index contributed by atoms with van der Waals surface area (Å²) in [4.78, 5) is 18.4. The van der Waals surface area contributed by atoms with Crippen molar-refractivity contribution in [2.45, 2.75) is 38.9 Å². The number of amides is 1. The van der Waals surface area contributed by atoms with Gasteiger partial charge in [-0.05, 0) is 39.8 Å². The smallest absolute Gasteiger partial charge is 0.272 e. The Bertz CT molecular complexity index is 481. The van der Waals surface area contributed by atoms with Gasteiger partial charge in [0.1, 0.15) is 5.69 Å². The number of aromatic nitrogens is 1. The normalized spacial score (nSPS) is 21.2. The lowest BCUT2D eigenvalue weighted by molar-refractivity contribution is -0.171. The summed E-state index contributed by atoms with van der Waals surface area (Å²) in [5, 5.41) is 0. The van der Waals surface area contributed by atoms with Gasteiger partial charge in [0.05, 0.1) is 11.2 Å². The van der Waals surface area contributed by atoms with Gasteiger partial charge in [0.15, 0.2) is 0 Å². The Morgan fingerprint density at radius 1 is 1.32 bits per heavy atom. The average Bonchev–Trinajstić information content (AvgIpc) is 2.23. The van der Waals surface area contributed by atoms with Crippen LogP contribution in [0.25, 0.3) is 0 Å². The molecule has 1 fully saturated rings. The van der Waals surface area contributed by atoms with Gasteiger partial charge in [-0.1, -0.05) is 0 Å². The maximum absolute atomic E-state index is 12.5. The fraction of sp³-hybridized carbons (Fsp3) is 0.571. The predicted octanol–water partition coefficient (Wildman–Crippen LogP) is 1.69. The van der Waals surface area contributed by atoms with Crippen molar-refractivity contribution in [3.63, 3.8) is 0 Å². The second kappa shape index (κ2) is 4.49. The molecule has 1 aromatic rings. The molecule has 1 amide bonds. The third-order valence-corrected chi connectivity index (χ3v) is 2.99. The van der Waals surface area contributed by atoms with E-state index in [2.05, 4.69) is 4.98 Å². The monoisotopic (exact) mass is 263 g/mol. The summed E-state index contributed by atoms with van der Waals surface area (Å²) >= 11 is 0. The van der Waals surface area contributed by atoms with Crippen LogP contribution in [0, 0.1) is 0 Å². The molecule has 0 atom stereocenters. The molecule has 0 aromatic carbocycles. The van der Waals surface area contributed by atoms with Crippen molar-refractivity contribution in [2.75, 3.05) is 18.8 Å². The van der Waals surface area contributed by atoms with Crippen molar-refractivity contribution in [2.24, 2.45) is 0 Å². The second-order valence-electron chi connectivity index (χ2n) is 6.26. The first kappa shape index (κ1) is 13.8. The van der Waals surface area contributed by atoms with Gasteiger partial charge in [0.2, 0.25) is 0 Å². The van der Waals surface area contributed by atoms with E-state index in [0.717, 1.165) is 0 Å². The van der Waals surface area contributed by atoms with Gasteiger partial charge in [0, 0.05) is 25.0 Å². The highest BCUT2D eigenvalue weighted by molar-refractivity contribution is 5.93. The highest BCUT2D eigenvalue weighted by Gasteiger charge is 2.40. The molecule has 1 aliphatic rings. The van der Waals surface area contributed by atoms with Crippen LogP contribution >= 0.6 is 0 Å². The van der Waals surface area contributed by atoms with Gasteiger partial charge < -0.3 is 15.4 Å². The third kappa shape index (κ3) is 3.23. The van der Waals surface area contributed by atoms with E-state index in [9.17, 15) is 4.79 Å². The molecule has 1 saturated heterocycles. The predicted molar refractivity (Wildman–Crippen MR) is 73.8 cm³/mol. The van der Waals surface area contributed by atoms with Crippen LogP contribution in [-0.4, -0.2) is 40.1 Å². The van der Waals surface area contributed by atoms with Crippen LogP contribution in [-0.2, 0) is 4.74 Å². The lowest BCUT2D eigenvalue weighted by atomic mass is 9.98. The number of nitrogen functional groups attached to an aromatic ring is 1. The minimum Gasteiger partial charge on any atom is -0.399 e. The van der Waals surface area contributed by atoms with Crippen molar-refractivity contribution >= 4 is 11.6 Å². The number of rotatable bonds is 1. The number of hydrogen-bond donors (Lipinski definition) is 1. The number of ether oxygens (including phenoxy) is 1. The Balaban J connectivity index is 2.24. The van der Waals surface area contributed by atoms with Gasteiger partial charge in [-0.25, -0.2) is 0 Å². The van der Waals surface area contributed by atoms with E-state index in [1.54, 1.807) is 23.2 Å². The molecule has 2 rings (SSSR count). The number of nitrogens with zero attached hydrogens (tertiary/aromatic N) is 2. The number of carbonyl (C=O) groups excluding carboxylic acids is 1. The summed E-state index contributed by atoms with van der Waals surface area (Å²) in [6.45, 7) is 9.04. The van der Waals surface area contributed by atoms with Gasteiger partial charge >= 0.3 is 0 Å². The van der Waals surface area contributed by atoms with Crippen molar-refractivity contribution in [1.82, 2.24) is 9.88 Å². The minimum absolute atomic E-state index is 0.100. The number of pyridine rings is 1. The zero-order valence-electron chi connectivity index (χ0n) is 11.9. The highest BCUT2D eigenvalue weighted by atomic mass is 16.5. The summed E-state index contributed by atoms with van der Waals surface area (Å²) in [6, 6.07) is 3.28. The number of anilines is 1. The van der Waals surface area contributed by atoms with Crippen molar-refractivity contribution in [1.29, 1.82) is 0 Å². The summed E-state index contributed by atoms with van der Waals surface area (Å²) < 4.78 is 5.96. The number of morpholine rings is 1. The molecule has 5 heteroatoms. The third-order valence-electron chi connectivity index (χ3n) is 2.99. The maximum Gasteiger partial charge on any atom is 0.272 e. The van der Waals surface area contributed by atoms with Crippen LogP contribution in [0.1, 0.15) is 38.2 Å². The quantitative estimate of drug-likeness (QED) is 0.837. The van der Waals surface area contributed by atoms with Crippen molar-refractivity contribution < 1.29 is 9.53 Å². The van der Waals surface area contributed by atoms with E-state index >= 15 is 0 Å². The largest absolute Gasteiger partial charge is 0.399 e. The molecule has 19 heavy (non-hydrogen) atoms. The Kier molecular flexibility index (Phi) is 3.26. The van der Waals surface area contributed by atoms with Gasteiger partial charge in [0.25, 0.3) is 5.91 Å². The molecule has 0 radical (unpaired) electrons. The van der Waals surface area contributed by atoms with Crippen molar-refractivity contribution in [3.8, 4) is 0 Å².